The third-order valence-electron chi connectivity index (χ3n) is 4.44. The molecule has 1 aliphatic carbocycles. The van der Waals surface area contributed by atoms with E-state index in [0.29, 0.717) is 11.5 Å². The molecular weight excluding hydrogens is 272 g/mol. The summed E-state index contributed by atoms with van der Waals surface area (Å²) in [5.74, 6) is 0.624. The molecule has 3 aromatic carbocycles. The van der Waals surface area contributed by atoms with E-state index in [0.717, 1.165) is 35.1 Å². The van der Waals surface area contributed by atoms with Gasteiger partial charge in [-0.1, -0.05) is 48.5 Å². The average Bonchev–Trinajstić information content (AvgIpc) is 2.49. The number of hydrogen-bond donors (Lipinski definition) is 2. The molecule has 0 saturated heterocycles. The smallest absolute Gasteiger partial charge is 0.123 e. The van der Waals surface area contributed by atoms with E-state index in [-0.39, 0.29) is 0 Å². The fourth-order valence-corrected chi connectivity index (χ4v) is 3.24. The Bertz CT molecular complexity index is 793. The number of rotatable bonds is 2. The van der Waals surface area contributed by atoms with Crippen LogP contribution in [0.5, 0.6) is 11.5 Å². The Morgan fingerprint density at radius 3 is 1.27 bits per heavy atom. The first kappa shape index (κ1) is 13.0. The zero-order valence-corrected chi connectivity index (χ0v) is 12.1. The summed E-state index contributed by atoms with van der Waals surface area (Å²) in [5, 5.41) is 20.2. The van der Waals surface area contributed by atoms with Crippen molar-refractivity contribution in [2.24, 2.45) is 0 Å². The van der Waals surface area contributed by atoms with Crippen LogP contribution in [0.3, 0.4) is 0 Å². The SMILES string of the molecule is Oc1ccccc1-c1ccc(-c2ccccc2O)c2c1CC2. The van der Waals surface area contributed by atoms with Crippen molar-refractivity contribution >= 4 is 0 Å². The second-order valence-corrected chi connectivity index (χ2v) is 5.65. The van der Waals surface area contributed by atoms with Crippen molar-refractivity contribution in [3.8, 4) is 33.8 Å². The molecule has 0 spiro atoms. The first-order valence-electron chi connectivity index (χ1n) is 7.47. The van der Waals surface area contributed by atoms with Gasteiger partial charge < -0.3 is 10.2 Å². The highest BCUT2D eigenvalue weighted by Crippen LogP contribution is 2.43. The summed E-state index contributed by atoms with van der Waals surface area (Å²) in [6, 6.07) is 19.0. The van der Waals surface area contributed by atoms with Gasteiger partial charge in [0.15, 0.2) is 0 Å². The van der Waals surface area contributed by atoms with Crippen LogP contribution in [0, 0.1) is 0 Å². The van der Waals surface area contributed by atoms with Gasteiger partial charge in [0.2, 0.25) is 0 Å². The number of benzene rings is 3. The molecule has 2 nitrogen and oxygen atoms in total. The fraction of sp³-hybridized carbons (Fsp3) is 0.100. The number of phenols is 2. The Morgan fingerprint density at radius 2 is 0.909 bits per heavy atom. The molecule has 0 heterocycles. The van der Waals surface area contributed by atoms with Gasteiger partial charge in [0.1, 0.15) is 11.5 Å². The summed E-state index contributed by atoms with van der Waals surface area (Å²) in [6.07, 6.45) is 2.03. The third-order valence-corrected chi connectivity index (χ3v) is 4.44. The van der Waals surface area contributed by atoms with E-state index in [1.165, 1.54) is 11.1 Å². The summed E-state index contributed by atoms with van der Waals surface area (Å²) >= 11 is 0. The molecule has 0 radical (unpaired) electrons. The van der Waals surface area contributed by atoms with Crippen LogP contribution < -0.4 is 0 Å². The molecule has 4 rings (SSSR count). The van der Waals surface area contributed by atoms with Gasteiger partial charge in [-0.05, 0) is 47.2 Å². The van der Waals surface area contributed by atoms with Gasteiger partial charge >= 0.3 is 0 Å². The molecule has 0 bridgehead atoms. The summed E-state index contributed by atoms with van der Waals surface area (Å²) < 4.78 is 0. The van der Waals surface area contributed by atoms with Crippen LogP contribution in [0.25, 0.3) is 22.3 Å². The van der Waals surface area contributed by atoms with Crippen molar-refractivity contribution in [3.05, 3.63) is 71.8 Å². The van der Waals surface area contributed by atoms with Crippen molar-refractivity contribution in [2.75, 3.05) is 0 Å². The molecule has 22 heavy (non-hydrogen) atoms. The molecule has 0 aliphatic heterocycles. The number of phenolic OH excluding ortho intramolecular Hbond substituents is 2. The maximum Gasteiger partial charge on any atom is 0.123 e. The molecule has 108 valence electrons. The van der Waals surface area contributed by atoms with Crippen LogP contribution in [0.15, 0.2) is 60.7 Å². The highest BCUT2D eigenvalue weighted by molar-refractivity contribution is 5.83. The quantitative estimate of drug-likeness (QED) is 0.727. The van der Waals surface area contributed by atoms with Crippen LogP contribution >= 0.6 is 0 Å². The minimum Gasteiger partial charge on any atom is -0.507 e. The Hall–Kier alpha value is -2.74. The van der Waals surface area contributed by atoms with Crippen molar-refractivity contribution in [1.29, 1.82) is 0 Å². The first-order chi connectivity index (χ1) is 10.8. The molecular formula is C20H16O2. The first-order valence-corrected chi connectivity index (χ1v) is 7.47. The summed E-state index contributed by atoms with van der Waals surface area (Å²) in [5.41, 5.74) is 6.51. The van der Waals surface area contributed by atoms with E-state index in [2.05, 4.69) is 12.1 Å². The van der Waals surface area contributed by atoms with E-state index in [9.17, 15) is 10.2 Å². The lowest BCUT2D eigenvalue weighted by atomic mass is 9.78. The monoisotopic (exact) mass is 288 g/mol. The topological polar surface area (TPSA) is 40.5 Å². The van der Waals surface area contributed by atoms with Gasteiger partial charge in [-0.3, -0.25) is 0 Å². The largest absolute Gasteiger partial charge is 0.507 e. The predicted molar refractivity (Wildman–Crippen MR) is 88.1 cm³/mol. The molecule has 2 N–H and O–H groups in total. The Balaban J connectivity index is 1.89. The van der Waals surface area contributed by atoms with Crippen LogP contribution in [-0.2, 0) is 12.8 Å². The predicted octanol–water partition coefficient (Wildman–Crippen LogP) is 4.53. The van der Waals surface area contributed by atoms with Crippen LogP contribution in [-0.4, -0.2) is 10.2 Å². The van der Waals surface area contributed by atoms with Gasteiger partial charge in [-0.25, -0.2) is 0 Å². The standard InChI is InChI=1S/C20H16O2/c21-19-7-3-1-5-17(19)15-11-12-16(14-10-9-13(14)15)18-6-2-4-8-20(18)22/h1-8,11-12,21-22H,9-10H2. The average molecular weight is 288 g/mol. The normalized spacial score (nSPS) is 12.5. The fourth-order valence-electron chi connectivity index (χ4n) is 3.24. The number of aromatic hydroxyl groups is 2. The Morgan fingerprint density at radius 1 is 0.500 bits per heavy atom. The van der Waals surface area contributed by atoms with Crippen molar-refractivity contribution in [3.63, 3.8) is 0 Å². The van der Waals surface area contributed by atoms with E-state index < -0.39 is 0 Å². The van der Waals surface area contributed by atoms with Crippen molar-refractivity contribution < 1.29 is 10.2 Å². The van der Waals surface area contributed by atoms with Crippen molar-refractivity contribution in [1.82, 2.24) is 0 Å². The lowest BCUT2D eigenvalue weighted by Crippen LogP contribution is -2.12. The van der Waals surface area contributed by atoms with Crippen LogP contribution in [0.1, 0.15) is 11.1 Å². The second kappa shape index (κ2) is 4.92. The lowest BCUT2D eigenvalue weighted by Gasteiger charge is -2.27. The zero-order valence-electron chi connectivity index (χ0n) is 12.1. The lowest BCUT2D eigenvalue weighted by molar-refractivity contribution is 0.476. The van der Waals surface area contributed by atoms with Gasteiger partial charge in [-0.2, -0.15) is 0 Å². The molecule has 0 amide bonds. The minimum atomic E-state index is 0.312. The Kier molecular flexibility index (Phi) is 2.90. The van der Waals surface area contributed by atoms with Gasteiger partial charge in [0.05, 0.1) is 0 Å². The highest BCUT2D eigenvalue weighted by atomic mass is 16.3. The van der Waals surface area contributed by atoms with Crippen LogP contribution in [0.4, 0.5) is 0 Å². The van der Waals surface area contributed by atoms with Crippen molar-refractivity contribution in [2.45, 2.75) is 12.8 Å². The number of para-hydroxylation sites is 2. The molecule has 0 atom stereocenters. The zero-order chi connectivity index (χ0) is 15.1. The summed E-state index contributed by atoms with van der Waals surface area (Å²) in [4.78, 5) is 0. The Labute approximate surface area is 129 Å². The molecule has 3 aromatic rings. The molecule has 2 heteroatoms. The van der Waals surface area contributed by atoms with E-state index in [4.69, 9.17) is 0 Å². The maximum atomic E-state index is 10.1. The second-order valence-electron chi connectivity index (χ2n) is 5.65. The van der Waals surface area contributed by atoms with E-state index in [1.54, 1.807) is 12.1 Å². The molecule has 1 aliphatic rings. The number of hydrogen-bond acceptors (Lipinski definition) is 2. The van der Waals surface area contributed by atoms with E-state index >= 15 is 0 Å². The molecule has 0 saturated carbocycles. The minimum absolute atomic E-state index is 0.312. The molecule has 0 aromatic heterocycles. The summed E-state index contributed by atoms with van der Waals surface area (Å²) in [7, 11) is 0. The summed E-state index contributed by atoms with van der Waals surface area (Å²) in [6.45, 7) is 0. The highest BCUT2D eigenvalue weighted by Gasteiger charge is 2.24. The maximum absolute atomic E-state index is 10.1. The van der Waals surface area contributed by atoms with Crippen LogP contribution in [0.2, 0.25) is 0 Å². The third kappa shape index (κ3) is 1.88. The molecule has 0 unspecified atom stereocenters. The number of fused-ring (bicyclic) bond motifs is 1. The van der Waals surface area contributed by atoms with E-state index in [1.807, 2.05) is 36.4 Å². The van der Waals surface area contributed by atoms with Gasteiger partial charge in [0, 0.05) is 11.1 Å². The van der Waals surface area contributed by atoms with Gasteiger partial charge in [0.25, 0.3) is 0 Å². The van der Waals surface area contributed by atoms with Gasteiger partial charge in [-0.15, -0.1) is 0 Å². The molecule has 0 fully saturated rings.